The van der Waals surface area contributed by atoms with Crippen molar-refractivity contribution in [1.82, 2.24) is 0 Å². The second-order valence-electron chi connectivity index (χ2n) is 5.66. The molecule has 1 rings (SSSR count). The topological polar surface area (TPSA) is 43.4 Å². The molecule has 0 aromatic heterocycles. The number of ether oxygens (including phenoxy) is 1. The molecular formula is C16H22O3S. The normalized spacial score (nSPS) is 11.4. The van der Waals surface area contributed by atoms with E-state index in [0.29, 0.717) is 5.56 Å². The highest BCUT2D eigenvalue weighted by molar-refractivity contribution is 7.97. The summed E-state index contributed by atoms with van der Waals surface area (Å²) < 4.78 is 5.42. The van der Waals surface area contributed by atoms with Gasteiger partial charge in [0, 0.05) is 18.1 Å². The van der Waals surface area contributed by atoms with E-state index in [-0.39, 0.29) is 11.1 Å². The second kappa shape index (κ2) is 5.60. The van der Waals surface area contributed by atoms with Gasteiger partial charge in [-0.15, -0.1) is 12.6 Å². The van der Waals surface area contributed by atoms with Gasteiger partial charge in [-0.25, -0.2) is 0 Å². The van der Waals surface area contributed by atoms with Crippen LogP contribution in [0.5, 0.6) is 0 Å². The van der Waals surface area contributed by atoms with Crippen LogP contribution in [-0.4, -0.2) is 11.1 Å². The van der Waals surface area contributed by atoms with Gasteiger partial charge in [-0.2, -0.15) is 0 Å². The molecule has 0 aliphatic carbocycles. The summed E-state index contributed by atoms with van der Waals surface area (Å²) in [5.74, 6) is -0.372. The summed E-state index contributed by atoms with van der Waals surface area (Å²) in [6.07, 6.45) is 0. The van der Waals surface area contributed by atoms with E-state index in [0.717, 1.165) is 27.8 Å². The van der Waals surface area contributed by atoms with Crippen LogP contribution in [0.4, 0.5) is 0 Å². The van der Waals surface area contributed by atoms with E-state index in [9.17, 15) is 9.59 Å². The van der Waals surface area contributed by atoms with Gasteiger partial charge in [0.25, 0.3) is 0 Å². The Bertz CT molecular complexity index is 586. The Balaban J connectivity index is 3.77. The van der Waals surface area contributed by atoms with Crippen LogP contribution in [0.3, 0.4) is 0 Å². The van der Waals surface area contributed by atoms with Gasteiger partial charge >= 0.3 is 5.97 Å². The number of rotatable bonds is 3. The molecule has 0 radical (unpaired) electrons. The molecule has 1 aromatic carbocycles. The van der Waals surface area contributed by atoms with Gasteiger partial charge in [0.15, 0.2) is 0 Å². The number of hydrogen-bond donors (Lipinski definition) is 1. The first-order chi connectivity index (χ1) is 9.00. The Kier molecular flexibility index (Phi) is 4.70. The fourth-order valence-electron chi connectivity index (χ4n) is 2.74. The molecule has 0 saturated carbocycles. The van der Waals surface area contributed by atoms with Gasteiger partial charge in [-0.1, -0.05) is 0 Å². The third-order valence-electron chi connectivity index (χ3n) is 3.90. The molecule has 0 unspecified atom stereocenters. The van der Waals surface area contributed by atoms with Gasteiger partial charge in [-0.05, 0) is 63.8 Å². The first-order valence-corrected chi connectivity index (χ1v) is 6.99. The van der Waals surface area contributed by atoms with Gasteiger partial charge in [0.05, 0.1) is 0 Å². The van der Waals surface area contributed by atoms with E-state index in [1.54, 1.807) is 13.8 Å². The van der Waals surface area contributed by atoms with Crippen LogP contribution in [0.2, 0.25) is 0 Å². The van der Waals surface area contributed by atoms with Crippen LogP contribution in [0, 0.1) is 27.7 Å². The van der Waals surface area contributed by atoms with E-state index < -0.39 is 5.60 Å². The van der Waals surface area contributed by atoms with E-state index in [1.807, 2.05) is 27.7 Å². The highest BCUT2D eigenvalue weighted by Crippen LogP contribution is 2.37. The van der Waals surface area contributed by atoms with Crippen molar-refractivity contribution in [1.29, 1.82) is 0 Å². The molecule has 0 N–H and O–H groups in total. The fraction of sp³-hybridized carbons (Fsp3) is 0.500. The lowest BCUT2D eigenvalue weighted by molar-refractivity contribution is -0.154. The summed E-state index contributed by atoms with van der Waals surface area (Å²) in [4.78, 5) is 23.3. The van der Waals surface area contributed by atoms with Crippen LogP contribution in [0.1, 0.15) is 58.9 Å². The summed E-state index contributed by atoms with van der Waals surface area (Å²) in [5, 5.41) is -0.302. The molecule has 0 spiro atoms. The van der Waals surface area contributed by atoms with Crippen LogP contribution in [0.25, 0.3) is 0 Å². The number of carbonyl (C=O) groups excluding carboxylic acids is 2. The molecular weight excluding hydrogens is 272 g/mol. The molecule has 20 heavy (non-hydrogen) atoms. The van der Waals surface area contributed by atoms with Crippen molar-refractivity contribution in [3.05, 3.63) is 33.4 Å². The Morgan fingerprint density at radius 1 is 0.950 bits per heavy atom. The van der Waals surface area contributed by atoms with Crippen LogP contribution < -0.4 is 0 Å². The number of esters is 1. The van der Waals surface area contributed by atoms with E-state index in [4.69, 9.17) is 4.74 Å². The Morgan fingerprint density at radius 3 is 1.80 bits per heavy atom. The van der Waals surface area contributed by atoms with Crippen molar-refractivity contribution in [3.63, 3.8) is 0 Å². The van der Waals surface area contributed by atoms with Crippen LogP contribution >= 0.6 is 12.6 Å². The average molecular weight is 294 g/mol. The van der Waals surface area contributed by atoms with Crippen molar-refractivity contribution in [3.8, 4) is 0 Å². The number of hydrogen-bond acceptors (Lipinski definition) is 3. The molecule has 3 nitrogen and oxygen atoms in total. The Morgan fingerprint density at radius 2 is 1.40 bits per heavy atom. The third kappa shape index (κ3) is 2.90. The van der Waals surface area contributed by atoms with Crippen LogP contribution in [0.15, 0.2) is 0 Å². The van der Waals surface area contributed by atoms with E-state index in [1.165, 1.54) is 6.92 Å². The lowest BCUT2D eigenvalue weighted by Crippen LogP contribution is -2.29. The fourth-order valence-corrected chi connectivity index (χ4v) is 3.02. The van der Waals surface area contributed by atoms with Crippen molar-refractivity contribution in [2.24, 2.45) is 0 Å². The molecule has 0 amide bonds. The minimum Gasteiger partial charge on any atom is -0.455 e. The SMILES string of the molecule is CC(=O)OC(C)(C)c1c(C)c(C)c(C)c(C)c1C(=O)S. The van der Waals surface area contributed by atoms with Crippen molar-refractivity contribution < 1.29 is 14.3 Å². The number of carbonyl (C=O) groups is 2. The molecule has 0 aliphatic rings. The van der Waals surface area contributed by atoms with Gasteiger partial charge in [0.2, 0.25) is 5.12 Å². The minimum atomic E-state index is -0.868. The Hall–Kier alpha value is -1.29. The maximum Gasteiger partial charge on any atom is 0.303 e. The quantitative estimate of drug-likeness (QED) is 0.681. The number of benzene rings is 1. The molecule has 110 valence electrons. The molecule has 0 fully saturated rings. The van der Waals surface area contributed by atoms with Gasteiger partial charge in [-0.3, -0.25) is 9.59 Å². The molecule has 0 aliphatic heterocycles. The zero-order valence-electron chi connectivity index (χ0n) is 13.2. The average Bonchev–Trinajstić information content (AvgIpc) is 2.28. The van der Waals surface area contributed by atoms with E-state index >= 15 is 0 Å². The van der Waals surface area contributed by atoms with Crippen molar-refractivity contribution in [2.75, 3.05) is 0 Å². The lowest BCUT2D eigenvalue weighted by Gasteiger charge is -2.31. The third-order valence-corrected chi connectivity index (χ3v) is 4.13. The maximum absolute atomic E-state index is 12.0. The zero-order valence-corrected chi connectivity index (χ0v) is 14.1. The standard InChI is InChI=1S/C16H22O3S/c1-8-9(2)11(4)14(13(10(8)3)15(18)20)16(6,7)19-12(5)17/h1-7H3,(H,18,20). The van der Waals surface area contributed by atoms with Crippen LogP contribution in [-0.2, 0) is 15.1 Å². The zero-order chi connectivity index (χ0) is 15.8. The maximum atomic E-state index is 12.0. The summed E-state index contributed by atoms with van der Waals surface area (Å²) in [5.41, 5.74) is 4.46. The molecule has 0 atom stereocenters. The first-order valence-electron chi connectivity index (χ1n) is 6.54. The number of thiol groups is 1. The lowest BCUT2D eigenvalue weighted by atomic mass is 9.82. The van der Waals surface area contributed by atoms with Crippen molar-refractivity contribution in [2.45, 2.75) is 54.1 Å². The highest BCUT2D eigenvalue weighted by Gasteiger charge is 2.32. The van der Waals surface area contributed by atoms with E-state index in [2.05, 4.69) is 12.6 Å². The summed E-state index contributed by atoms with van der Waals surface area (Å²) in [7, 11) is 0. The smallest absolute Gasteiger partial charge is 0.303 e. The minimum absolute atomic E-state index is 0.302. The molecule has 0 bridgehead atoms. The molecule has 0 heterocycles. The first kappa shape index (κ1) is 16.8. The monoisotopic (exact) mass is 294 g/mol. The second-order valence-corrected chi connectivity index (χ2v) is 6.07. The largest absolute Gasteiger partial charge is 0.455 e. The molecule has 4 heteroatoms. The Labute approximate surface area is 126 Å². The summed E-state index contributed by atoms with van der Waals surface area (Å²) >= 11 is 4.00. The van der Waals surface area contributed by atoms with Crippen molar-refractivity contribution >= 4 is 23.7 Å². The summed E-state index contributed by atoms with van der Waals surface area (Å²) in [6.45, 7) is 12.8. The summed E-state index contributed by atoms with van der Waals surface area (Å²) in [6, 6.07) is 0. The predicted molar refractivity (Wildman–Crippen MR) is 83.5 cm³/mol. The molecule has 0 saturated heterocycles. The molecule has 1 aromatic rings. The van der Waals surface area contributed by atoms with Gasteiger partial charge in [0.1, 0.15) is 5.60 Å². The highest BCUT2D eigenvalue weighted by atomic mass is 32.1. The van der Waals surface area contributed by atoms with Gasteiger partial charge < -0.3 is 4.74 Å². The predicted octanol–water partition coefficient (Wildman–Crippen LogP) is 3.79.